The van der Waals surface area contributed by atoms with E-state index >= 15 is 0 Å². The molecule has 2 aromatic rings. The van der Waals surface area contributed by atoms with Crippen LogP contribution in [0, 0.1) is 0 Å². The summed E-state index contributed by atoms with van der Waals surface area (Å²) in [6, 6.07) is 5.37. The second-order valence-corrected chi connectivity index (χ2v) is 3.30. The lowest BCUT2D eigenvalue weighted by Crippen LogP contribution is -2.02. The highest BCUT2D eigenvalue weighted by atomic mass is 16.3. The van der Waals surface area contributed by atoms with Crippen LogP contribution in [0.2, 0.25) is 0 Å². The summed E-state index contributed by atoms with van der Waals surface area (Å²) in [7, 11) is 0. The maximum Gasteiger partial charge on any atom is 0.117 e. The number of nitrogens with zero attached hydrogens (tertiary/aromatic N) is 3. The molecule has 0 aliphatic heterocycles. The van der Waals surface area contributed by atoms with Crippen LogP contribution in [0.15, 0.2) is 18.2 Å². The highest BCUT2D eigenvalue weighted by molar-refractivity contribution is 5.75. The Morgan fingerprint density at radius 3 is 2.85 bits per heavy atom. The summed E-state index contributed by atoms with van der Waals surface area (Å²) in [6.07, 6.45) is 0. The van der Waals surface area contributed by atoms with Crippen molar-refractivity contribution in [3.8, 4) is 5.75 Å². The van der Waals surface area contributed by atoms with E-state index in [-0.39, 0.29) is 11.8 Å². The van der Waals surface area contributed by atoms with Gasteiger partial charge >= 0.3 is 0 Å². The van der Waals surface area contributed by atoms with E-state index in [1.807, 2.05) is 24.6 Å². The largest absolute Gasteiger partial charge is 0.508 e. The van der Waals surface area contributed by atoms with Crippen LogP contribution >= 0.6 is 0 Å². The zero-order valence-electron chi connectivity index (χ0n) is 7.60. The quantitative estimate of drug-likeness (QED) is 0.721. The van der Waals surface area contributed by atoms with Crippen molar-refractivity contribution in [1.29, 1.82) is 0 Å². The lowest BCUT2D eigenvalue weighted by Gasteiger charge is -2.04. The van der Waals surface area contributed by atoms with Crippen LogP contribution in [-0.4, -0.2) is 20.1 Å². The lowest BCUT2D eigenvalue weighted by atomic mass is 10.3. The summed E-state index contributed by atoms with van der Waals surface area (Å²) >= 11 is 0. The maximum absolute atomic E-state index is 9.20. The second-order valence-electron chi connectivity index (χ2n) is 3.30. The van der Waals surface area contributed by atoms with Crippen LogP contribution in [0.1, 0.15) is 19.9 Å². The first-order valence-corrected chi connectivity index (χ1v) is 4.22. The average Bonchev–Trinajstić information content (AvgIpc) is 2.46. The predicted octanol–water partition coefficient (Wildman–Crippen LogP) is 1.72. The van der Waals surface area contributed by atoms with Crippen molar-refractivity contribution in [3.63, 3.8) is 0 Å². The molecule has 1 heterocycles. The van der Waals surface area contributed by atoms with Crippen molar-refractivity contribution in [2.24, 2.45) is 0 Å². The van der Waals surface area contributed by atoms with Gasteiger partial charge in [-0.2, -0.15) is 0 Å². The van der Waals surface area contributed by atoms with Gasteiger partial charge in [0.1, 0.15) is 11.3 Å². The fraction of sp³-hybridized carbons (Fsp3) is 0.333. The van der Waals surface area contributed by atoms with Gasteiger partial charge in [-0.05, 0) is 26.0 Å². The summed E-state index contributed by atoms with van der Waals surface area (Å²) in [5.41, 5.74) is 1.68. The van der Waals surface area contributed by atoms with Gasteiger partial charge in [0.05, 0.1) is 5.52 Å². The molecule has 0 aliphatic carbocycles. The molecule has 0 atom stereocenters. The lowest BCUT2D eigenvalue weighted by molar-refractivity contribution is 0.476. The minimum atomic E-state index is 0.225. The Hall–Kier alpha value is -1.58. The van der Waals surface area contributed by atoms with E-state index in [0.717, 1.165) is 11.0 Å². The molecule has 0 bridgehead atoms. The van der Waals surface area contributed by atoms with E-state index < -0.39 is 0 Å². The molecule has 4 nitrogen and oxygen atoms in total. The van der Waals surface area contributed by atoms with E-state index in [9.17, 15) is 5.11 Å². The average molecular weight is 177 g/mol. The number of aromatic nitrogens is 3. The van der Waals surface area contributed by atoms with Crippen LogP contribution in [0.5, 0.6) is 5.75 Å². The van der Waals surface area contributed by atoms with Crippen molar-refractivity contribution in [1.82, 2.24) is 15.0 Å². The molecule has 13 heavy (non-hydrogen) atoms. The Balaban J connectivity index is 2.69. The monoisotopic (exact) mass is 177 g/mol. The van der Waals surface area contributed by atoms with E-state index in [1.54, 1.807) is 12.1 Å². The molecule has 0 aliphatic rings. The summed E-state index contributed by atoms with van der Waals surface area (Å²) in [4.78, 5) is 0. The fourth-order valence-electron chi connectivity index (χ4n) is 1.31. The molecule has 0 fully saturated rings. The Morgan fingerprint density at radius 2 is 2.15 bits per heavy atom. The van der Waals surface area contributed by atoms with Crippen LogP contribution in [0.4, 0.5) is 0 Å². The van der Waals surface area contributed by atoms with Crippen molar-refractivity contribution in [3.05, 3.63) is 18.2 Å². The molecule has 0 unspecified atom stereocenters. The van der Waals surface area contributed by atoms with Gasteiger partial charge in [0, 0.05) is 12.1 Å². The highest BCUT2D eigenvalue weighted by Crippen LogP contribution is 2.19. The summed E-state index contributed by atoms with van der Waals surface area (Å²) in [5.74, 6) is 0.225. The Kier molecular flexibility index (Phi) is 1.69. The van der Waals surface area contributed by atoms with E-state index in [0.29, 0.717) is 0 Å². The smallest absolute Gasteiger partial charge is 0.117 e. The topological polar surface area (TPSA) is 50.9 Å². The van der Waals surface area contributed by atoms with Crippen molar-refractivity contribution >= 4 is 11.0 Å². The van der Waals surface area contributed by atoms with Crippen molar-refractivity contribution in [2.75, 3.05) is 0 Å². The second kappa shape index (κ2) is 2.73. The number of aromatic hydroxyl groups is 1. The fourth-order valence-corrected chi connectivity index (χ4v) is 1.31. The zero-order valence-corrected chi connectivity index (χ0v) is 7.60. The van der Waals surface area contributed by atoms with Crippen LogP contribution in [0.25, 0.3) is 11.0 Å². The molecule has 0 radical (unpaired) electrons. The predicted molar refractivity (Wildman–Crippen MR) is 49.6 cm³/mol. The first kappa shape index (κ1) is 8.04. The Labute approximate surface area is 75.8 Å². The van der Waals surface area contributed by atoms with Gasteiger partial charge in [0.25, 0.3) is 0 Å². The number of phenols is 1. The van der Waals surface area contributed by atoms with E-state index in [2.05, 4.69) is 10.3 Å². The highest BCUT2D eigenvalue weighted by Gasteiger charge is 2.06. The van der Waals surface area contributed by atoms with Crippen LogP contribution in [-0.2, 0) is 0 Å². The summed E-state index contributed by atoms with van der Waals surface area (Å²) in [5, 5.41) is 17.1. The maximum atomic E-state index is 9.20. The molecular weight excluding hydrogens is 166 g/mol. The number of hydrogen-bond acceptors (Lipinski definition) is 3. The van der Waals surface area contributed by atoms with Crippen molar-refractivity contribution in [2.45, 2.75) is 19.9 Å². The van der Waals surface area contributed by atoms with Gasteiger partial charge in [-0.15, -0.1) is 5.10 Å². The van der Waals surface area contributed by atoms with Gasteiger partial charge in [0.15, 0.2) is 0 Å². The Morgan fingerprint density at radius 1 is 1.38 bits per heavy atom. The molecule has 1 aromatic carbocycles. The van der Waals surface area contributed by atoms with Gasteiger partial charge in [-0.1, -0.05) is 5.21 Å². The SMILES string of the molecule is CC(C)n1nnc2cc(O)ccc21. The molecular formula is C9H11N3O. The first-order chi connectivity index (χ1) is 6.18. The summed E-state index contributed by atoms with van der Waals surface area (Å²) in [6.45, 7) is 4.09. The minimum Gasteiger partial charge on any atom is -0.508 e. The van der Waals surface area contributed by atoms with Crippen LogP contribution < -0.4 is 0 Å². The van der Waals surface area contributed by atoms with Gasteiger partial charge in [0.2, 0.25) is 0 Å². The normalized spacial score (nSPS) is 11.3. The molecule has 1 aromatic heterocycles. The number of fused-ring (bicyclic) bond motifs is 1. The van der Waals surface area contributed by atoms with Crippen molar-refractivity contribution < 1.29 is 5.11 Å². The molecule has 68 valence electrons. The van der Waals surface area contributed by atoms with Gasteiger partial charge in [-0.3, -0.25) is 0 Å². The number of rotatable bonds is 1. The molecule has 2 rings (SSSR count). The summed E-state index contributed by atoms with van der Waals surface area (Å²) < 4.78 is 1.83. The third-order valence-electron chi connectivity index (χ3n) is 1.94. The zero-order chi connectivity index (χ0) is 9.42. The third-order valence-corrected chi connectivity index (χ3v) is 1.94. The van der Waals surface area contributed by atoms with Gasteiger partial charge in [-0.25, -0.2) is 4.68 Å². The standard InChI is InChI=1S/C9H11N3O/c1-6(2)12-9-4-3-7(13)5-8(9)10-11-12/h3-6,13H,1-2H3. The number of hydrogen-bond donors (Lipinski definition) is 1. The molecule has 0 saturated heterocycles. The van der Waals surface area contributed by atoms with E-state index in [1.165, 1.54) is 0 Å². The number of benzene rings is 1. The van der Waals surface area contributed by atoms with Gasteiger partial charge < -0.3 is 5.11 Å². The van der Waals surface area contributed by atoms with Crippen LogP contribution in [0.3, 0.4) is 0 Å². The molecule has 1 N–H and O–H groups in total. The third kappa shape index (κ3) is 1.24. The molecule has 0 amide bonds. The Bertz CT molecular complexity index is 433. The first-order valence-electron chi connectivity index (χ1n) is 4.22. The molecule has 0 saturated carbocycles. The molecule has 0 spiro atoms. The number of phenolic OH excluding ortho intramolecular Hbond substituents is 1. The molecule has 4 heteroatoms. The minimum absolute atomic E-state index is 0.225. The van der Waals surface area contributed by atoms with E-state index in [4.69, 9.17) is 0 Å².